The Kier molecular flexibility index (Phi) is 6.83. The van der Waals surface area contributed by atoms with E-state index in [1.165, 1.54) is 0 Å². The van der Waals surface area contributed by atoms with E-state index in [9.17, 15) is 4.79 Å². The average molecular weight is 363 g/mol. The zero-order valence-electron chi connectivity index (χ0n) is 15.6. The molecule has 4 nitrogen and oxygen atoms in total. The van der Waals surface area contributed by atoms with Crippen molar-refractivity contribution in [2.24, 2.45) is 0 Å². The summed E-state index contributed by atoms with van der Waals surface area (Å²) in [5, 5.41) is 5.01. The van der Waals surface area contributed by atoms with E-state index in [2.05, 4.69) is 5.32 Å². The zero-order valence-corrected chi connectivity index (χ0v) is 15.6. The molecule has 0 aliphatic carbocycles. The fourth-order valence-electron chi connectivity index (χ4n) is 2.90. The minimum absolute atomic E-state index is 0.117. The molecule has 3 rings (SSSR count). The number of carbonyl (C=O) groups is 1. The SMILES string of the molecule is CC[C@@H](Oc1cccc2ccccc12)C(=O)NCCOCc1ccccc1. The molecule has 1 atom stereocenters. The van der Waals surface area contributed by atoms with Crippen molar-refractivity contribution in [2.45, 2.75) is 26.1 Å². The molecule has 0 radical (unpaired) electrons. The van der Waals surface area contributed by atoms with E-state index in [0.717, 1.165) is 22.1 Å². The maximum absolute atomic E-state index is 12.5. The maximum atomic E-state index is 12.5. The number of benzene rings is 3. The third-order valence-electron chi connectivity index (χ3n) is 4.34. The summed E-state index contributed by atoms with van der Waals surface area (Å²) in [5.41, 5.74) is 1.12. The van der Waals surface area contributed by atoms with Gasteiger partial charge in [0.1, 0.15) is 5.75 Å². The Morgan fingerprint density at radius 2 is 1.70 bits per heavy atom. The number of hydrogen-bond acceptors (Lipinski definition) is 3. The number of nitrogens with one attached hydrogen (secondary N) is 1. The quantitative estimate of drug-likeness (QED) is 0.576. The van der Waals surface area contributed by atoms with Crippen LogP contribution < -0.4 is 10.1 Å². The molecular weight excluding hydrogens is 338 g/mol. The molecular formula is C23H25NO3. The van der Waals surface area contributed by atoms with Crippen molar-refractivity contribution in [3.8, 4) is 5.75 Å². The van der Waals surface area contributed by atoms with Gasteiger partial charge in [0.05, 0.1) is 13.2 Å². The molecule has 140 valence electrons. The lowest BCUT2D eigenvalue weighted by Gasteiger charge is -2.18. The molecule has 0 heterocycles. The smallest absolute Gasteiger partial charge is 0.261 e. The van der Waals surface area contributed by atoms with Crippen molar-refractivity contribution >= 4 is 16.7 Å². The van der Waals surface area contributed by atoms with Gasteiger partial charge in [0.2, 0.25) is 0 Å². The van der Waals surface area contributed by atoms with E-state index in [0.29, 0.717) is 26.2 Å². The minimum atomic E-state index is -0.523. The van der Waals surface area contributed by atoms with E-state index >= 15 is 0 Å². The molecule has 0 fully saturated rings. The first kappa shape index (κ1) is 18.9. The Morgan fingerprint density at radius 3 is 2.52 bits per heavy atom. The molecule has 0 spiro atoms. The van der Waals surface area contributed by atoms with Crippen molar-refractivity contribution < 1.29 is 14.3 Å². The summed E-state index contributed by atoms with van der Waals surface area (Å²) in [4.78, 5) is 12.5. The highest BCUT2D eigenvalue weighted by atomic mass is 16.5. The predicted molar refractivity (Wildman–Crippen MR) is 108 cm³/mol. The number of rotatable bonds is 9. The van der Waals surface area contributed by atoms with Crippen LogP contribution in [-0.2, 0) is 16.1 Å². The summed E-state index contributed by atoms with van der Waals surface area (Å²) in [6.07, 6.45) is 0.0739. The molecule has 0 saturated carbocycles. The van der Waals surface area contributed by atoms with Crippen molar-refractivity contribution in [2.75, 3.05) is 13.2 Å². The molecule has 3 aromatic carbocycles. The highest BCUT2D eigenvalue weighted by Gasteiger charge is 2.18. The van der Waals surface area contributed by atoms with Crippen molar-refractivity contribution in [3.63, 3.8) is 0 Å². The van der Waals surface area contributed by atoms with Gasteiger partial charge in [-0.2, -0.15) is 0 Å². The second kappa shape index (κ2) is 9.74. The second-order valence-electron chi connectivity index (χ2n) is 6.32. The highest BCUT2D eigenvalue weighted by Crippen LogP contribution is 2.26. The van der Waals surface area contributed by atoms with Crippen LogP contribution in [0, 0.1) is 0 Å². The van der Waals surface area contributed by atoms with Gasteiger partial charge < -0.3 is 14.8 Å². The van der Waals surface area contributed by atoms with Gasteiger partial charge in [-0.25, -0.2) is 0 Å². The molecule has 1 amide bonds. The predicted octanol–water partition coefficient (Wildman–Crippen LogP) is 4.33. The van der Waals surface area contributed by atoms with Gasteiger partial charge in [-0.15, -0.1) is 0 Å². The summed E-state index contributed by atoms with van der Waals surface area (Å²) in [7, 11) is 0. The fourth-order valence-corrected chi connectivity index (χ4v) is 2.90. The molecule has 0 saturated heterocycles. The van der Waals surface area contributed by atoms with Crippen LogP contribution in [-0.4, -0.2) is 25.2 Å². The van der Waals surface area contributed by atoms with Gasteiger partial charge in [0.15, 0.2) is 6.10 Å². The molecule has 3 aromatic rings. The normalized spacial score (nSPS) is 11.9. The van der Waals surface area contributed by atoms with Gasteiger partial charge in [0, 0.05) is 11.9 Å². The van der Waals surface area contributed by atoms with Gasteiger partial charge in [-0.05, 0) is 23.4 Å². The van der Waals surface area contributed by atoms with Crippen LogP contribution in [0.2, 0.25) is 0 Å². The van der Waals surface area contributed by atoms with Crippen molar-refractivity contribution in [1.29, 1.82) is 0 Å². The Morgan fingerprint density at radius 1 is 0.963 bits per heavy atom. The first-order chi connectivity index (χ1) is 13.3. The Labute approximate surface area is 160 Å². The molecule has 1 N–H and O–H groups in total. The summed E-state index contributed by atoms with van der Waals surface area (Å²) in [6.45, 7) is 3.41. The monoisotopic (exact) mass is 363 g/mol. The van der Waals surface area contributed by atoms with Gasteiger partial charge >= 0.3 is 0 Å². The number of carbonyl (C=O) groups excluding carboxylic acids is 1. The van der Waals surface area contributed by atoms with Crippen molar-refractivity contribution in [3.05, 3.63) is 78.4 Å². The van der Waals surface area contributed by atoms with Gasteiger partial charge in [-0.1, -0.05) is 73.7 Å². The first-order valence-electron chi connectivity index (χ1n) is 9.31. The van der Waals surface area contributed by atoms with Crippen LogP contribution >= 0.6 is 0 Å². The largest absolute Gasteiger partial charge is 0.480 e. The Bertz CT molecular complexity index is 858. The van der Waals surface area contributed by atoms with E-state index in [1.54, 1.807) is 0 Å². The molecule has 0 bridgehead atoms. The minimum Gasteiger partial charge on any atom is -0.480 e. The number of ether oxygens (including phenoxy) is 2. The number of amides is 1. The molecule has 0 aromatic heterocycles. The lowest BCUT2D eigenvalue weighted by atomic mass is 10.1. The van der Waals surface area contributed by atoms with Crippen molar-refractivity contribution in [1.82, 2.24) is 5.32 Å². The van der Waals surface area contributed by atoms with Crippen LogP contribution in [0.15, 0.2) is 72.8 Å². The van der Waals surface area contributed by atoms with Crippen LogP contribution in [0.4, 0.5) is 0 Å². The molecule has 27 heavy (non-hydrogen) atoms. The van der Waals surface area contributed by atoms with Crippen LogP contribution in [0.25, 0.3) is 10.8 Å². The van der Waals surface area contributed by atoms with E-state index in [1.807, 2.05) is 79.7 Å². The molecule has 0 unspecified atom stereocenters. The molecule has 0 aliphatic rings. The third kappa shape index (κ3) is 5.31. The topological polar surface area (TPSA) is 47.6 Å². The lowest BCUT2D eigenvalue weighted by Crippen LogP contribution is -2.39. The first-order valence-corrected chi connectivity index (χ1v) is 9.31. The Balaban J connectivity index is 1.49. The number of hydrogen-bond donors (Lipinski definition) is 1. The van der Waals surface area contributed by atoms with E-state index in [4.69, 9.17) is 9.47 Å². The second-order valence-corrected chi connectivity index (χ2v) is 6.32. The van der Waals surface area contributed by atoms with Crippen LogP contribution in [0.1, 0.15) is 18.9 Å². The van der Waals surface area contributed by atoms with E-state index < -0.39 is 6.10 Å². The Hall–Kier alpha value is -2.85. The summed E-state index contributed by atoms with van der Waals surface area (Å²) in [6, 6.07) is 23.9. The molecule has 0 aliphatic heterocycles. The average Bonchev–Trinajstić information content (AvgIpc) is 2.72. The summed E-state index contributed by atoms with van der Waals surface area (Å²) < 4.78 is 11.6. The number of fused-ring (bicyclic) bond motifs is 1. The van der Waals surface area contributed by atoms with E-state index in [-0.39, 0.29) is 5.91 Å². The summed E-state index contributed by atoms with van der Waals surface area (Å²) >= 11 is 0. The molecule has 4 heteroatoms. The third-order valence-corrected chi connectivity index (χ3v) is 4.34. The van der Waals surface area contributed by atoms with Crippen LogP contribution in [0.3, 0.4) is 0 Å². The van der Waals surface area contributed by atoms with Gasteiger partial charge in [0.25, 0.3) is 5.91 Å². The summed E-state index contributed by atoms with van der Waals surface area (Å²) in [5.74, 6) is 0.615. The fraction of sp³-hybridized carbons (Fsp3) is 0.261. The van der Waals surface area contributed by atoms with Gasteiger partial charge in [-0.3, -0.25) is 4.79 Å². The zero-order chi connectivity index (χ0) is 18.9. The highest BCUT2D eigenvalue weighted by molar-refractivity contribution is 5.89. The standard InChI is InChI=1S/C23H25NO3/c1-2-21(27-22-14-8-12-19-11-6-7-13-20(19)22)23(25)24-15-16-26-17-18-9-4-3-5-10-18/h3-14,21H,2,15-17H2,1H3,(H,24,25)/t21-/m1/s1. The maximum Gasteiger partial charge on any atom is 0.261 e. The van der Waals surface area contributed by atoms with Crippen LogP contribution in [0.5, 0.6) is 5.75 Å². The lowest BCUT2D eigenvalue weighted by molar-refractivity contribution is -0.128.